The highest BCUT2D eigenvalue weighted by atomic mass is 16.4. The number of nitrogens with two attached hydrogens (primary N) is 1. The lowest BCUT2D eigenvalue weighted by Crippen LogP contribution is -2.41. The van der Waals surface area contributed by atoms with E-state index < -0.39 is 24.0 Å². The fourth-order valence-corrected chi connectivity index (χ4v) is 1.31. The lowest BCUT2D eigenvalue weighted by atomic mass is 10.1. The number of primary amides is 1. The molecule has 6 nitrogen and oxygen atoms in total. The van der Waals surface area contributed by atoms with Crippen LogP contribution in [0.2, 0.25) is 0 Å². The Morgan fingerprint density at radius 1 is 1.38 bits per heavy atom. The fourth-order valence-electron chi connectivity index (χ4n) is 1.31. The molecule has 0 aliphatic carbocycles. The van der Waals surface area contributed by atoms with Gasteiger partial charge in [0, 0.05) is 13.0 Å². The maximum Gasteiger partial charge on any atom is 0.320 e. The number of aliphatic carboxylic acids is 1. The molecule has 0 aromatic carbocycles. The maximum absolute atomic E-state index is 10.8. The molecule has 94 valence electrons. The number of hydrogen-bond acceptors (Lipinski definition) is 4. The van der Waals surface area contributed by atoms with Crippen molar-refractivity contribution in [1.29, 1.82) is 0 Å². The first-order valence-corrected chi connectivity index (χ1v) is 5.40. The van der Waals surface area contributed by atoms with Crippen LogP contribution in [0.1, 0.15) is 32.6 Å². The van der Waals surface area contributed by atoms with Crippen LogP contribution in [-0.2, 0) is 9.59 Å². The molecule has 16 heavy (non-hydrogen) atoms. The molecule has 1 unspecified atom stereocenters. The molecule has 0 spiro atoms. The maximum atomic E-state index is 10.8. The first kappa shape index (κ1) is 14.9. The second kappa shape index (κ2) is 8.06. The van der Waals surface area contributed by atoms with E-state index in [0.29, 0.717) is 6.42 Å². The summed E-state index contributed by atoms with van der Waals surface area (Å²) in [7, 11) is 0. The summed E-state index contributed by atoms with van der Waals surface area (Å²) in [5.41, 5.74) is 4.94. The zero-order chi connectivity index (χ0) is 12.6. The van der Waals surface area contributed by atoms with Gasteiger partial charge in [-0.15, -0.1) is 0 Å². The molecule has 1 amide bonds. The van der Waals surface area contributed by atoms with Gasteiger partial charge in [-0.2, -0.15) is 0 Å². The number of aliphatic hydroxyl groups is 1. The van der Waals surface area contributed by atoms with E-state index in [2.05, 4.69) is 5.32 Å². The lowest BCUT2D eigenvalue weighted by molar-refractivity contribution is -0.139. The molecule has 5 N–H and O–H groups in total. The van der Waals surface area contributed by atoms with E-state index in [4.69, 9.17) is 10.8 Å². The molecule has 0 aliphatic heterocycles. The van der Waals surface area contributed by atoms with Gasteiger partial charge in [0.2, 0.25) is 5.91 Å². The molecular formula is C10H20N2O4. The molecule has 0 rings (SSSR count). The monoisotopic (exact) mass is 232 g/mol. The zero-order valence-electron chi connectivity index (χ0n) is 9.48. The summed E-state index contributed by atoms with van der Waals surface area (Å²) < 4.78 is 0. The average Bonchev–Trinajstić information content (AvgIpc) is 2.17. The number of hydrogen-bond donors (Lipinski definition) is 4. The Balaban J connectivity index is 3.94. The largest absolute Gasteiger partial charge is 0.480 e. The first-order chi connectivity index (χ1) is 7.47. The van der Waals surface area contributed by atoms with Crippen molar-refractivity contribution >= 4 is 11.9 Å². The average molecular weight is 232 g/mol. The number of carbonyl (C=O) groups is 2. The minimum absolute atomic E-state index is 0.0217. The Bertz CT molecular complexity index is 233. The molecule has 0 heterocycles. The Labute approximate surface area is 94.8 Å². The number of amides is 1. The summed E-state index contributed by atoms with van der Waals surface area (Å²) in [5.74, 6) is -1.56. The van der Waals surface area contributed by atoms with E-state index >= 15 is 0 Å². The second-order valence-electron chi connectivity index (χ2n) is 3.75. The van der Waals surface area contributed by atoms with Crippen LogP contribution in [0.3, 0.4) is 0 Å². The van der Waals surface area contributed by atoms with Crippen LogP contribution in [0, 0.1) is 0 Å². The van der Waals surface area contributed by atoms with Crippen molar-refractivity contribution in [2.24, 2.45) is 5.73 Å². The van der Waals surface area contributed by atoms with Gasteiger partial charge in [-0.1, -0.05) is 13.3 Å². The fraction of sp³-hybridized carbons (Fsp3) is 0.800. The van der Waals surface area contributed by atoms with Gasteiger partial charge in [0.15, 0.2) is 0 Å². The van der Waals surface area contributed by atoms with Crippen molar-refractivity contribution in [2.75, 3.05) is 6.54 Å². The molecule has 0 aromatic rings. The van der Waals surface area contributed by atoms with Gasteiger partial charge >= 0.3 is 5.97 Å². The van der Waals surface area contributed by atoms with Crippen LogP contribution in [0.4, 0.5) is 0 Å². The number of rotatable bonds is 9. The predicted molar refractivity (Wildman–Crippen MR) is 58.8 cm³/mol. The van der Waals surface area contributed by atoms with E-state index in [0.717, 1.165) is 6.42 Å². The van der Waals surface area contributed by atoms with Gasteiger partial charge in [0.05, 0.1) is 6.10 Å². The number of carboxylic acids is 1. The number of carboxylic acid groups (broad SMARTS) is 1. The molecule has 0 fully saturated rings. The molecule has 0 aromatic heterocycles. The van der Waals surface area contributed by atoms with Crippen LogP contribution < -0.4 is 11.1 Å². The van der Waals surface area contributed by atoms with Gasteiger partial charge in [-0.25, -0.2) is 0 Å². The van der Waals surface area contributed by atoms with Gasteiger partial charge < -0.3 is 21.3 Å². The quantitative estimate of drug-likeness (QED) is 0.426. The van der Waals surface area contributed by atoms with Crippen molar-refractivity contribution < 1.29 is 19.8 Å². The van der Waals surface area contributed by atoms with Crippen molar-refractivity contribution in [3.8, 4) is 0 Å². The van der Waals surface area contributed by atoms with Gasteiger partial charge in [-0.3, -0.25) is 9.59 Å². The summed E-state index contributed by atoms with van der Waals surface area (Å²) in [6.07, 6.45) is 1.06. The van der Waals surface area contributed by atoms with E-state index in [1.165, 1.54) is 0 Å². The molecule has 0 saturated heterocycles. The van der Waals surface area contributed by atoms with E-state index in [1.807, 2.05) is 6.92 Å². The highest BCUT2D eigenvalue weighted by molar-refractivity contribution is 5.77. The predicted octanol–water partition coefficient (Wildman–Crippen LogP) is -0.544. The van der Waals surface area contributed by atoms with E-state index in [-0.39, 0.29) is 19.4 Å². The van der Waals surface area contributed by atoms with Crippen LogP contribution in [0.15, 0.2) is 0 Å². The van der Waals surface area contributed by atoms with Crippen molar-refractivity contribution in [1.82, 2.24) is 5.32 Å². The minimum atomic E-state index is -1.04. The second-order valence-corrected chi connectivity index (χ2v) is 3.75. The van der Waals surface area contributed by atoms with E-state index in [1.54, 1.807) is 0 Å². The molecule has 0 aliphatic rings. The van der Waals surface area contributed by atoms with Crippen LogP contribution >= 0.6 is 0 Å². The van der Waals surface area contributed by atoms with Crippen LogP contribution in [-0.4, -0.2) is 40.8 Å². The molecule has 0 saturated carbocycles. The topological polar surface area (TPSA) is 113 Å². The molecule has 0 radical (unpaired) electrons. The van der Waals surface area contributed by atoms with Crippen LogP contribution in [0.25, 0.3) is 0 Å². The van der Waals surface area contributed by atoms with Crippen molar-refractivity contribution in [3.63, 3.8) is 0 Å². The van der Waals surface area contributed by atoms with Crippen LogP contribution in [0.5, 0.6) is 0 Å². The third-order valence-corrected chi connectivity index (χ3v) is 2.20. The SMILES string of the molecule is CCCC(O)CN[C@@H](CCC(N)=O)C(=O)O. The number of carbonyl (C=O) groups excluding carboxylic acids is 1. The highest BCUT2D eigenvalue weighted by Crippen LogP contribution is 2.00. The first-order valence-electron chi connectivity index (χ1n) is 5.40. The van der Waals surface area contributed by atoms with Crippen molar-refractivity contribution in [2.45, 2.75) is 44.8 Å². The third-order valence-electron chi connectivity index (χ3n) is 2.20. The van der Waals surface area contributed by atoms with Gasteiger partial charge in [0.1, 0.15) is 6.04 Å². The lowest BCUT2D eigenvalue weighted by Gasteiger charge is -2.16. The third kappa shape index (κ3) is 7.19. The van der Waals surface area contributed by atoms with Gasteiger partial charge in [-0.05, 0) is 12.8 Å². The molecule has 0 bridgehead atoms. The minimum Gasteiger partial charge on any atom is -0.480 e. The number of aliphatic hydroxyl groups excluding tert-OH is 1. The Hall–Kier alpha value is -1.14. The summed E-state index contributed by atoms with van der Waals surface area (Å²) >= 11 is 0. The van der Waals surface area contributed by atoms with E-state index in [9.17, 15) is 14.7 Å². The van der Waals surface area contributed by atoms with Crippen molar-refractivity contribution in [3.05, 3.63) is 0 Å². The zero-order valence-corrected chi connectivity index (χ0v) is 9.48. The Morgan fingerprint density at radius 2 is 2.00 bits per heavy atom. The summed E-state index contributed by atoms with van der Waals surface area (Å²) in [6.45, 7) is 2.15. The molecular weight excluding hydrogens is 212 g/mol. The smallest absolute Gasteiger partial charge is 0.320 e. The normalized spacial score (nSPS) is 14.4. The summed E-state index contributed by atoms with van der Waals surface area (Å²) in [6, 6.07) is -0.834. The highest BCUT2D eigenvalue weighted by Gasteiger charge is 2.18. The number of nitrogens with one attached hydrogen (secondary N) is 1. The summed E-state index contributed by atoms with van der Waals surface area (Å²) in [5, 5.41) is 20.9. The van der Waals surface area contributed by atoms with Gasteiger partial charge in [0.25, 0.3) is 0 Å². The summed E-state index contributed by atoms with van der Waals surface area (Å²) in [4.78, 5) is 21.3. The molecule has 2 atom stereocenters. The Kier molecular flexibility index (Phi) is 7.49. The Morgan fingerprint density at radius 3 is 2.44 bits per heavy atom. The standard InChI is InChI=1S/C10H20N2O4/c1-2-3-7(13)6-12-8(10(15)16)4-5-9(11)14/h7-8,12-13H,2-6H2,1H3,(H2,11,14)(H,15,16)/t7?,8-/m0/s1. The molecule has 6 heteroatoms.